The molecule has 0 aliphatic rings. The van der Waals surface area contributed by atoms with Gasteiger partial charge in [-0.25, -0.2) is 9.59 Å². The summed E-state index contributed by atoms with van der Waals surface area (Å²) in [5, 5.41) is 2.50. The maximum absolute atomic E-state index is 12.4. The highest BCUT2D eigenvalue weighted by Gasteiger charge is 2.27. The van der Waals surface area contributed by atoms with Crippen LogP contribution in [0.3, 0.4) is 0 Å². The molecule has 1 N–H and O–H groups in total. The van der Waals surface area contributed by atoms with Crippen molar-refractivity contribution in [3.05, 3.63) is 35.4 Å². The molecule has 8 heteroatoms. The van der Waals surface area contributed by atoms with Gasteiger partial charge in [0.15, 0.2) is 0 Å². The monoisotopic (exact) mass is 351 g/mol. The van der Waals surface area contributed by atoms with Gasteiger partial charge in [-0.15, -0.1) is 0 Å². The minimum absolute atomic E-state index is 0.0157. The zero-order chi connectivity index (χ0) is 19.0. The Hall–Kier alpha value is -2.90. The summed E-state index contributed by atoms with van der Waals surface area (Å²) in [4.78, 5) is 47.3. The minimum atomic E-state index is -1.03. The van der Waals surface area contributed by atoms with Crippen molar-refractivity contribution < 1.29 is 33.4 Å². The Balaban J connectivity index is 2.93. The van der Waals surface area contributed by atoms with Gasteiger partial charge >= 0.3 is 17.9 Å². The van der Waals surface area contributed by atoms with Crippen LogP contribution in [0.2, 0.25) is 0 Å². The molecule has 0 unspecified atom stereocenters. The maximum atomic E-state index is 12.4. The molecule has 0 aromatic heterocycles. The highest BCUT2D eigenvalue weighted by atomic mass is 16.5. The van der Waals surface area contributed by atoms with E-state index in [-0.39, 0.29) is 17.5 Å². The zero-order valence-electron chi connectivity index (χ0n) is 14.5. The Bertz CT molecular complexity index is 656. The van der Waals surface area contributed by atoms with Crippen LogP contribution in [0.25, 0.3) is 0 Å². The fraction of sp³-hybridized carbons (Fsp3) is 0.412. The summed E-state index contributed by atoms with van der Waals surface area (Å²) in [5.41, 5.74) is 0.371. The maximum Gasteiger partial charge on any atom is 0.337 e. The van der Waals surface area contributed by atoms with Crippen LogP contribution in [-0.4, -0.2) is 51.2 Å². The molecule has 8 nitrogen and oxygen atoms in total. The van der Waals surface area contributed by atoms with Crippen LogP contribution in [0.5, 0.6) is 0 Å². The average molecular weight is 351 g/mol. The Kier molecular flexibility index (Phi) is 7.58. The molecule has 25 heavy (non-hydrogen) atoms. The number of hydrogen-bond acceptors (Lipinski definition) is 7. The van der Waals surface area contributed by atoms with E-state index in [2.05, 4.69) is 19.5 Å². The molecule has 0 heterocycles. The molecule has 0 fully saturated rings. The van der Waals surface area contributed by atoms with E-state index in [4.69, 9.17) is 0 Å². The van der Waals surface area contributed by atoms with Crippen molar-refractivity contribution >= 4 is 23.8 Å². The molecule has 1 aromatic carbocycles. The smallest absolute Gasteiger partial charge is 0.337 e. The highest BCUT2D eigenvalue weighted by Crippen LogP contribution is 2.12. The molecule has 1 rings (SSSR count). The second-order valence-corrected chi connectivity index (χ2v) is 5.28. The predicted molar refractivity (Wildman–Crippen MR) is 86.8 cm³/mol. The van der Waals surface area contributed by atoms with E-state index in [1.165, 1.54) is 45.6 Å². The second-order valence-electron chi connectivity index (χ2n) is 5.28. The molecule has 2 atom stereocenters. The van der Waals surface area contributed by atoms with Crippen LogP contribution in [0, 0.1) is 5.92 Å². The molecule has 1 aromatic rings. The van der Waals surface area contributed by atoms with Gasteiger partial charge in [0, 0.05) is 5.56 Å². The third-order valence-electron chi connectivity index (χ3n) is 3.53. The first-order valence-corrected chi connectivity index (χ1v) is 7.48. The van der Waals surface area contributed by atoms with Gasteiger partial charge in [-0.2, -0.15) is 0 Å². The lowest BCUT2D eigenvalue weighted by Gasteiger charge is -2.19. The summed E-state index contributed by atoms with van der Waals surface area (Å²) < 4.78 is 13.9. The largest absolute Gasteiger partial charge is 0.469 e. The van der Waals surface area contributed by atoms with Crippen molar-refractivity contribution in [3.63, 3.8) is 0 Å². The number of rotatable bonds is 7. The first kappa shape index (κ1) is 20.1. The van der Waals surface area contributed by atoms with Crippen LogP contribution in [0.1, 0.15) is 34.1 Å². The van der Waals surface area contributed by atoms with E-state index in [1.54, 1.807) is 6.92 Å². The fourth-order valence-electron chi connectivity index (χ4n) is 2.15. The average Bonchev–Trinajstić information content (AvgIpc) is 2.65. The van der Waals surface area contributed by atoms with Gasteiger partial charge in [0.2, 0.25) is 0 Å². The number of ether oxygens (including phenoxy) is 3. The molecular formula is C17H21NO7. The Labute approximate surface area is 145 Å². The van der Waals surface area contributed by atoms with E-state index in [9.17, 15) is 19.2 Å². The number of carbonyl (C=O) groups excluding carboxylic acids is 4. The summed E-state index contributed by atoms with van der Waals surface area (Å²) in [6.07, 6.45) is 0.0157. The number of carbonyl (C=O) groups is 4. The van der Waals surface area contributed by atoms with Gasteiger partial charge in [0.05, 0.1) is 32.8 Å². The van der Waals surface area contributed by atoms with Gasteiger partial charge in [-0.05, 0) is 24.6 Å². The Morgan fingerprint density at radius 1 is 0.960 bits per heavy atom. The first-order valence-electron chi connectivity index (χ1n) is 7.48. The topological polar surface area (TPSA) is 108 Å². The lowest BCUT2D eigenvalue weighted by atomic mass is 10.0. The third kappa shape index (κ3) is 5.59. The summed E-state index contributed by atoms with van der Waals surface area (Å²) in [5.74, 6) is -2.98. The minimum Gasteiger partial charge on any atom is -0.469 e. The van der Waals surface area contributed by atoms with Crippen molar-refractivity contribution in [2.24, 2.45) is 5.92 Å². The Morgan fingerprint density at radius 2 is 1.56 bits per heavy atom. The predicted octanol–water partition coefficient (Wildman–Crippen LogP) is 0.944. The SMILES string of the molecule is COC(=O)c1cccc(C(=O)N[C@@H](C[C@@H](C)C(=O)OC)C(=O)OC)c1. The lowest BCUT2D eigenvalue weighted by Crippen LogP contribution is -2.43. The molecule has 1 amide bonds. The van der Waals surface area contributed by atoms with Crippen molar-refractivity contribution in [2.75, 3.05) is 21.3 Å². The fourth-order valence-corrected chi connectivity index (χ4v) is 2.15. The molecule has 0 saturated heterocycles. The summed E-state index contributed by atoms with van der Waals surface area (Å²) in [7, 11) is 3.65. The van der Waals surface area contributed by atoms with Crippen molar-refractivity contribution in [1.82, 2.24) is 5.32 Å². The normalized spacial score (nSPS) is 12.5. The molecule has 0 saturated carbocycles. The summed E-state index contributed by atoms with van der Waals surface area (Å²) in [6, 6.07) is 4.82. The Morgan fingerprint density at radius 3 is 2.12 bits per heavy atom. The molecule has 0 radical (unpaired) electrons. The van der Waals surface area contributed by atoms with E-state index < -0.39 is 35.8 Å². The van der Waals surface area contributed by atoms with Crippen molar-refractivity contribution in [3.8, 4) is 0 Å². The molecule has 136 valence electrons. The number of methoxy groups -OCH3 is 3. The van der Waals surface area contributed by atoms with Crippen molar-refractivity contribution in [1.29, 1.82) is 0 Å². The zero-order valence-corrected chi connectivity index (χ0v) is 14.5. The van der Waals surface area contributed by atoms with Gasteiger partial charge in [0.1, 0.15) is 6.04 Å². The summed E-state index contributed by atoms with van der Waals surface area (Å²) in [6.45, 7) is 1.58. The van der Waals surface area contributed by atoms with Crippen LogP contribution < -0.4 is 5.32 Å². The molecule has 0 aliphatic heterocycles. The van der Waals surface area contributed by atoms with Crippen LogP contribution in [0.15, 0.2) is 24.3 Å². The van der Waals surface area contributed by atoms with Gasteiger partial charge in [-0.1, -0.05) is 13.0 Å². The van der Waals surface area contributed by atoms with Gasteiger partial charge in [-0.3, -0.25) is 9.59 Å². The van der Waals surface area contributed by atoms with Gasteiger partial charge < -0.3 is 19.5 Å². The van der Waals surface area contributed by atoms with Crippen LogP contribution in [-0.2, 0) is 23.8 Å². The van der Waals surface area contributed by atoms with Gasteiger partial charge in [0.25, 0.3) is 5.91 Å². The molecular weight excluding hydrogens is 330 g/mol. The number of hydrogen-bond donors (Lipinski definition) is 1. The molecule has 0 spiro atoms. The summed E-state index contributed by atoms with van der Waals surface area (Å²) >= 11 is 0. The van der Waals surface area contributed by atoms with E-state index >= 15 is 0 Å². The number of esters is 3. The molecule has 0 aliphatic carbocycles. The van der Waals surface area contributed by atoms with Crippen LogP contribution in [0.4, 0.5) is 0 Å². The lowest BCUT2D eigenvalue weighted by molar-refractivity contribution is -0.147. The molecule has 0 bridgehead atoms. The van der Waals surface area contributed by atoms with Crippen LogP contribution >= 0.6 is 0 Å². The van der Waals surface area contributed by atoms with E-state index in [0.717, 1.165) is 0 Å². The van der Waals surface area contributed by atoms with Crippen molar-refractivity contribution in [2.45, 2.75) is 19.4 Å². The van der Waals surface area contributed by atoms with E-state index in [0.29, 0.717) is 0 Å². The second kappa shape index (κ2) is 9.41. The first-order chi connectivity index (χ1) is 11.8. The number of amides is 1. The standard InChI is InChI=1S/C17H21NO7/c1-10(15(20)23-2)8-13(17(22)25-4)18-14(19)11-6-5-7-12(9-11)16(21)24-3/h5-7,9-10,13H,8H2,1-4H3,(H,18,19)/t10-,13+/m1/s1. The third-order valence-corrected chi connectivity index (χ3v) is 3.53. The quantitative estimate of drug-likeness (QED) is 0.575. The number of benzene rings is 1. The van der Waals surface area contributed by atoms with E-state index in [1.807, 2.05) is 0 Å². The number of nitrogens with one attached hydrogen (secondary N) is 1. The highest BCUT2D eigenvalue weighted by molar-refractivity contribution is 5.99.